The van der Waals surface area contributed by atoms with Gasteiger partial charge in [-0.1, -0.05) is 67.3 Å². The van der Waals surface area contributed by atoms with E-state index >= 15 is 0 Å². The van der Waals surface area contributed by atoms with Gasteiger partial charge in [-0.3, -0.25) is 0 Å². The fourth-order valence-electron chi connectivity index (χ4n) is 2.10. The van der Waals surface area contributed by atoms with Gasteiger partial charge in [0.15, 0.2) is 0 Å². The van der Waals surface area contributed by atoms with Crippen molar-refractivity contribution in [3.05, 3.63) is 0 Å². The Morgan fingerprint density at radius 1 is 0.714 bits per heavy atom. The molecule has 84 valence electrons. The molecule has 0 aromatic rings. The van der Waals surface area contributed by atoms with Gasteiger partial charge in [0, 0.05) is 4.83 Å². The Labute approximate surface area is 95.8 Å². The molecule has 0 aliphatic heterocycles. The zero-order chi connectivity index (χ0) is 10.2. The molecule has 1 unspecified atom stereocenters. The molecular weight excluding hydrogens is 243 g/mol. The van der Waals surface area contributed by atoms with E-state index < -0.39 is 6.17 Å². The second kappa shape index (κ2) is 7.67. The lowest BCUT2D eigenvalue weighted by molar-refractivity contribution is 0.288. The Kier molecular flexibility index (Phi) is 6.84. The van der Waals surface area contributed by atoms with E-state index in [1.165, 1.54) is 44.9 Å². The quantitative estimate of drug-likeness (QED) is 0.540. The van der Waals surface area contributed by atoms with Crippen molar-refractivity contribution in [1.29, 1.82) is 0 Å². The van der Waals surface area contributed by atoms with Crippen molar-refractivity contribution in [3.63, 3.8) is 0 Å². The van der Waals surface area contributed by atoms with Crippen LogP contribution in [0, 0.1) is 0 Å². The van der Waals surface area contributed by atoms with Crippen LogP contribution in [-0.4, -0.2) is 11.0 Å². The van der Waals surface area contributed by atoms with Gasteiger partial charge in [-0.15, -0.1) is 0 Å². The molecule has 0 amide bonds. The second-order valence-corrected chi connectivity index (χ2v) is 5.61. The lowest BCUT2D eigenvalue weighted by Crippen LogP contribution is -2.15. The van der Waals surface area contributed by atoms with E-state index in [9.17, 15) is 4.39 Å². The molecule has 0 saturated heterocycles. The predicted octanol–water partition coefficient (Wildman–Crippen LogP) is 5.00. The molecule has 1 saturated carbocycles. The van der Waals surface area contributed by atoms with Crippen LogP contribution in [0.3, 0.4) is 0 Å². The Morgan fingerprint density at radius 3 is 1.71 bits per heavy atom. The first-order chi connectivity index (χ1) is 6.80. The summed E-state index contributed by atoms with van der Waals surface area (Å²) in [5.74, 6) is 0. The molecule has 0 spiro atoms. The van der Waals surface area contributed by atoms with Crippen LogP contribution in [0.15, 0.2) is 0 Å². The molecule has 1 aliphatic carbocycles. The standard InChI is InChI=1S/C12H22BrF/c13-11-9-7-5-3-1-2-4-6-8-10-12(11)14/h11-12H,1-10H2/t11-,12?/m1/s1. The fourth-order valence-corrected chi connectivity index (χ4v) is 2.69. The van der Waals surface area contributed by atoms with Gasteiger partial charge in [0.05, 0.1) is 0 Å². The summed E-state index contributed by atoms with van der Waals surface area (Å²) in [5.41, 5.74) is 0. The Hall–Kier alpha value is 0.410. The smallest absolute Gasteiger partial charge is 0.113 e. The van der Waals surface area contributed by atoms with E-state index in [0.29, 0.717) is 0 Å². The summed E-state index contributed by atoms with van der Waals surface area (Å²) in [7, 11) is 0. The van der Waals surface area contributed by atoms with Crippen LogP contribution in [-0.2, 0) is 0 Å². The molecule has 14 heavy (non-hydrogen) atoms. The van der Waals surface area contributed by atoms with Gasteiger partial charge in [0.25, 0.3) is 0 Å². The van der Waals surface area contributed by atoms with Crippen LogP contribution in [0.2, 0.25) is 0 Å². The van der Waals surface area contributed by atoms with Crippen molar-refractivity contribution in [1.82, 2.24) is 0 Å². The normalized spacial score (nSPS) is 33.0. The average Bonchev–Trinajstić information content (AvgIpc) is 2.18. The summed E-state index contributed by atoms with van der Waals surface area (Å²) >= 11 is 3.47. The highest BCUT2D eigenvalue weighted by molar-refractivity contribution is 9.09. The van der Waals surface area contributed by atoms with Crippen molar-refractivity contribution < 1.29 is 4.39 Å². The molecule has 0 bridgehead atoms. The van der Waals surface area contributed by atoms with Crippen molar-refractivity contribution in [3.8, 4) is 0 Å². The predicted molar refractivity (Wildman–Crippen MR) is 63.8 cm³/mol. The maximum atomic E-state index is 13.5. The van der Waals surface area contributed by atoms with E-state index in [-0.39, 0.29) is 4.83 Å². The number of alkyl halides is 2. The first kappa shape index (κ1) is 12.5. The zero-order valence-corrected chi connectivity index (χ0v) is 10.6. The van der Waals surface area contributed by atoms with Crippen LogP contribution < -0.4 is 0 Å². The van der Waals surface area contributed by atoms with Crippen LogP contribution >= 0.6 is 15.9 Å². The first-order valence-electron chi connectivity index (χ1n) is 6.09. The van der Waals surface area contributed by atoms with E-state index in [0.717, 1.165) is 19.3 Å². The van der Waals surface area contributed by atoms with Gasteiger partial charge >= 0.3 is 0 Å². The number of hydrogen-bond donors (Lipinski definition) is 0. The highest BCUT2D eigenvalue weighted by Crippen LogP contribution is 2.23. The minimum absolute atomic E-state index is 0.113. The lowest BCUT2D eigenvalue weighted by Gasteiger charge is -2.15. The molecule has 0 heterocycles. The summed E-state index contributed by atoms with van der Waals surface area (Å²) < 4.78 is 13.5. The highest BCUT2D eigenvalue weighted by atomic mass is 79.9. The first-order valence-corrected chi connectivity index (χ1v) is 7.00. The summed E-state index contributed by atoms with van der Waals surface area (Å²) in [6.07, 6.45) is 11.3. The molecule has 1 rings (SSSR count). The van der Waals surface area contributed by atoms with Gasteiger partial charge in [-0.05, 0) is 12.8 Å². The van der Waals surface area contributed by atoms with Crippen molar-refractivity contribution >= 4 is 15.9 Å². The van der Waals surface area contributed by atoms with Crippen LogP contribution in [0.25, 0.3) is 0 Å². The van der Waals surface area contributed by atoms with E-state index in [4.69, 9.17) is 0 Å². The molecule has 0 nitrogen and oxygen atoms in total. The fraction of sp³-hybridized carbons (Fsp3) is 1.00. The van der Waals surface area contributed by atoms with Gasteiger partial charge in [0.2, 0.25) is 0 Å². The van der Waals surface area contributed by atoms with Gasteiger partial charge in [-0.2, -0.15) is 0 Å². The molecule has 0 radical (unpaired) electrons. The number of hydrogen-bond acceptors (Lipinski definition) is 0. The van der Waals surface area contributed by atoms with Crippen LogP contribution in [0.5, 0.6) is 0 Å². The maximum absolute atomic E-state index is 13.5. The monoisotopic (exact) mass is 264 g/mol. The zero-order valence-electron chi connectivity index (χ0n) is 8.98. The molecule has 2 heteroatoms. The highest BCUT2D eigenvalue weighted by Gasteiger charge is 2.17. The summed E-state index contributed by atoms with van der Waals surface area (Å²) in [6, 6.07) is 0. The van der Waals surface area contributed by atoms with Gasteiger partial charge in [0.1, 0.15) is 6.17 Å². The molecule has 0 aromatic heterocycles. The molecule has 0 N–H and O–H groups in total. The number of halogens is 2. The minimum atomic E-state index is -0.616. The molecule has 1 aliphatic rings. The topological polar surface area (TPSA) is 0 Å². The number of rotatable bonds is 0. The second-order valence-electron chi connectivity index (χ2n) is 4.44. The molecular formula is C12H22BrF. The van der Waals surface area contributed by atoms with Crippen LogP contribution in [0.4, 0.5) is 4.39 Å². The minimum Gasteiger partial charge on any atom is -0.246 e. The third kappa shape index (κ3) is 5.33. The Morgan fingerprint density at radius 2 is 1.14 bits per heavy atom. The van der Waals surface area contributed by atoms with Gasteiger partial charge < -0.3 is 0 Å². The van der Waals surface area contributed by atoms with Crippen molar-refractivity contribution in [2.45, 2.75) is 75.2 Å². The molecule has 1 fully saturated rings. The Bertz CT molecular complexity index is 122. The maximum Gasteiger partial charge on any atom is 0.113 e. The lowest BCUT2D eigenvalue weighted by atomic mass is 10.0. The van der Waals surface area contributed by atoms with E-state index in [2.05, 4.69) is 15.9 Å². The van der Waals surface area contributed by atoms with E-state index in [1.54, 1.807) is 0 Å². The third-order valence-corrected chi connectivity index (χ3v) is 4.13. The third-order valence-electron chi connectivity index (χ3n) is 3.10. The summed E-state index contributed by atoms with van der Waals surface area (Å²) in [4.78, 5) is 0.113. The SMILES string of the molecule is FC1CCCCCCCCCC[C@H]1Br. The summed E-state index contributed by atoms with van der Waals surface area (Å²) in [5, 5.41) is 0. The van der Waals surface area contributed by atoms with Crippen molar-refractivity contribution in [2.75, 3.05) is 0 Å². The van der Waals surface area contributed by atoms with Gasteiger partial charge in [-0.25, -0.2) is 4.39 Å². The Balaban J connectivity index is 2.23. The molecule has 0 aromatic carbocycles. The van der Waals surface area contributed by atoms with E-state index in [1.807, 2.05) is 0 Å². The summed E-state index contributed by atoms with van der Waals surface area (Å²) in [6.45, 7) is 0. The largest absolute Gasteiger partial charge is 0.246 e. The van der Waals surface area contributed by atoms with Crippen LogP contribution in [0.1, 0.15) is 64.2 Å². The molecule has 2 atom stereocenters. The van der Waals surface area contributed by atoms with Crippen molar-refractivity contribution in [2.24, 2.45) is 0 Å². The average molecular weight is 265 g/mol.